The van der Waals surface area contributed by atoms with Crippen LogP contribution in [0.5, 0.6) is 0 Å². The SMILES string of the molecule is CCOC(=O)Cc1ccccc1NC(=O)c1cc(N)c(C=N)c(-c2cccc(CN)c2)c1. The van der Waals surface area contributed by atoms with E-state index in [1.807, 2.05) is 24.3 Å². The predicted octanol–water partition coefficient (Wildman–Crippen LogP) is 3.75. The predicted molar refractivity (Wildman–Crippen MR) is 127 cm³/mol. The first-order chi connectivity index (χ1) is 15.5. The van der Waals surface area contributed by atoms with Crippen molar-refractivity contribution in [3.8, 4) is 11.1 Å². The third kappa shape index (κ3) is 5.19. The Morgan fingerprint density at radius 1 is 1.09 bits per heavy atom. The lowest BCUT2D eigenvalue weighted by Crippen LogP contribution is -2.16. The molecule has 0 aliphatic rings. The molecule has 6 N–H and O–H groups in total. The van der Waals surface area contributed by atoms with E-state index in [0.717, 1.165) is 11.1 Å². The van der Waals surface area contributed by atoms with Crippen LogP contribution in [0.3, 0.4) is 0 Å². The number of hydrogen-bond donors (Lipinski definition) is 4. The summed E-state index contributed by atoms with van der Waals surface area (Å²) < 4.78 is 5.02. The molecule has 3 aromatic carbocycles. The number of ether oxygens (including phenoxy) is 1. The summed E-state index contributed by atoms with van der Waals surface area (Å²) in [5.41, 5.74) is 16.7. The maximum atomic E-state index is 13.1. The molecular weight excluding hydrogens is 404 g/mol. The standard InChI is InChI=1S/C25H26N4O3/c1-2-32-24(30)13-18-7-3-4-9-23(18)29-25(31)19-11-20(21(15-27)22(28)12-19)17-8-5-6-16(10-17)14-26/h3-12,15,27H,2,13-14,26,28H2,1H3,(H,29,31). The Kier molecular flexibility index (Phi) is 7.36. The van der Waals surface area contributed by atoms with Gasteiger partial charge in [-0.05, 0) is 53.4 Å². The fourth-order valence-electron chi connectivity index (χ4n) is 3.43. The highest BCUT2D eigenvalue weighted by atomic mass is 16.5. The molecule has 0 aromatic heterocycles. The summed E-state index contributed by atoms with van der Waals surface area (Å²) in [6, 6.07) is 17.9. The van der Waals surface area contributed by atoms with E-state index in [9.17, 15) is 9.59 Å². The van der Waals surface area contributed by atoms with Crippen LogP contribution in [0.15, 0.2) is 60.7 Å². The third-order valence-corrected chi connectivity index (χ3v) is 5.00. The minimum Gasteiger partial charge on any atom is -0.466 e. The van der Waals surface area contributed by atoms with Crippen LogP contribution in [0.4, 0.5) is 11.4 Å². The van der Waals surface area contributed by atoms with E-state index in [0.29, 0.717) is 46.8 Å². The number of hydrogen-bond acceptors (Lipinski definition) is 6. The number of carbonyl (C=O) groups is 2. The van der Waals surface area contributed by atoms with Gasteiger partial charge >= 0.3 is 5.97 Å². The van der Waals surface area contributed by atoms with Crippen molar-refractivity contribution in [1.29, 1.82) is 5.41 Å². The molecular formula is C25H26N4O3. The Bertz CT molecular complexity index is 1160. The van der Waals surface area contributed by atoms with Gasteiger partial charge in [0, 0.05) is 35.3 Å². The van der Waals surface area contributed by atoms with Crippen molar-refractivity contribution >= 4 is 29.5 Å². The third-order valence-electron chi connectivity index (χ3n) is 5.00. The summed E-state index contributed by atoms with van der Waals surface area (Å²) in [5.74, 6) is -0.739. The van der Waals surface area contributed by atoms with E-state index < -0.39 is 0 Å². The number of nitrogen functional groups attached to an aromatic ring is 1. The van der Waals surface area contributed by atoms with Gasteiger partial charge in [-0.2, -0.15) is 0 Å². The van der Waals surface area contributed by atoms with Crippen molar-refractivity contribution in [2.45, 2.75) is 19.9 Å². The zero-order chi connectivity index (χ0) is 23.1. The lowest BCUT2D eigenvalue weighted by Gasteiger charge is -2.14. The molecule has 0 heterocycles. The van der Waals surface area contributed by atoms with Crippen LogP contribution in [0.25, 0.3) is 11.1 Å². The number of nitrogens with one attached hydrogen (secondary N) is 2. The van der Waals surface area contributed by atoms with Gasteiger partial charge in [0.1, 0.15) is 0 Å². The minimum atomic E-state index is -0.374. The van der Waals surface area contributed by atoms with Crippen LogP contribution in [0.2, 0.25) is 0 Å². The fraction of sp³-hybridized carbons (Fsp3) is 0.160. The van der Waals surface area contributed by atoms with Crippen LogP contribution < -0.4 is 16.8 Å². The zero-order valence-electron chi connectivity index (χ0n) is 17.9. The number of amides is 1. The molecule has 3 aromatic rings. The smallest absolute Gasteiger partial charge is 0.310 e. The Morgan fingerprint density at radius 3 is 2.59 bits per heavy atom. The van der Waals surface area contributed by atoms with Crippen LogP contribution in [0, 0.1) is 5.41 Å². The first kappa shape index (κ1) is 22.7. The summed E-state index contributed by atoms with van der Waals surface area (Å²) in [5, 5.41) is 10.6. The van der Waals surface area contributed by atoms with Crippen LogP contribution >= 0.6 is 0 Å². The second-order valence-corrected chi connectivity index (χ2v) is 7.17. The molecule has 32 heavy (non-hydrogen) atoms. The number of nitrogens with two attached hydrogens (primary N) is 2. The van der Waals surface area contributed by atoms with E-state index >= 15 is 0 Å². The van der Waals surface area contributed by atoms with Crippen LogP contribution in [-0.2, 0) is 22.5 Å². The van der Waals surface area contributed by atoms with Crippen molar-refractivity contribution in [1.82, 2.24) is 0 Å². The normalized spacial score (nSPS) is 10.4. The highest BCUT2D eigenvalue weighted by Crippen LogP contribution is 2.30. The topological polar surface area (TPSA) is 131 Å². The van der Waals surface area contributed by atoms with Gasteiger partial charge in [0.05, 0.1) is 13.0 Å². The highest BCUT2D eigenvalue weighted by Gasteiger charge is 2.16. The van der Waals surface area contributed by atoms with Gasteiger partial charge in [0.15, 0.2) is 0 Å². The monoisotopic (exact) mass is 430 g/mol. The van der Waals surface area contributed by atoms with Gasteiger partial charge in [-0.1, -0.05) is 36.4 Å². The van der Waals surface area contributed by atoms with Crippen molar-refractivity contribution in [3.63, 3.8) is 0 Å². The van der Waals surface area contributed by atoms with Gasteiger partial charge in [-0.15, -0.1) is 0 Å². The molecule has 0 spiro atoms. The second kappa shape index (κ2) is 10.4. The van der Waals surface area contributed by atoms with Crippen molar-refractivity contribution < 1.29 is 14.3 Å². The molecule has 0 saturated carbocycles. The lowest BCUT2D eigenvalue weighted by molar-refractivity contribution is -0.142. The Morgan fingerprint density at radius 2 is 1.88 bits per heavy atom. The summed E-state index contributed by atoms with van der Waals surface area (Å²) >= 11 is 0. The highest BCUT2D eigenvalue weighted by molar-refractivity contribution is 6.08. The molecule has 0 radical (unpaired) electrons. The molecule has 0 aliphatic heterocycles. The van der Waals surface area contributed by atoms with E-state index in [2.05, 4.69) is 5.32 Å². The molecule has 0 bridgehead atoms. The molecule has 7 heteroatoms. The van der Waals surface area contributed by atoms with E-state index in [-0.39, 0.29) is 18.3 Å². The van der Waals surface area contributed by atoms with Crippen LogP contribution in [-0.4, -0.2) is 24.7 Å². The number of benzene rings is 3. The molecule has 164 valence electrons. The van der Waals surface area contributed by atoms with Crippen molar-refractivity contribution in [2.24, 2.45) is 5.73 Å². The Hall–Kier alpha value is -3.97. The number of para-hydroxylation sites is 1. The molecule has 0 atom stereocenters. The van der Waals surface area contributed by atoms with Crippen molar-refractivity contribution in [3.05, 3.63) is 82.9 Å². The molecule has 3 rings (SSSR count). The Balaban J connectivity index is 1.95. The minimum absolute atomic E-state index is 0.0519. The van der Waals surface area contributed by atoms with Gasteiger partial charge in [0.2, 0.25) is 0 Å². The quantitative estimate of drug-likeness (QED) is 0.245. The Labute approximate surface area is 186 Å². The second-order valence-electron chi connectivity index (χ2n) is 7.17. The summed E-state index contributed by atoms with van der Waals surface area (Å²) in [4.78, 5) is 25.0. The van der Waals surface area contributed by atoms with Gasteiger partial charge in [-0.3, -0.25) is 9.59 Å². The maximum Gasteiger partial charge on any atom is 0.310 e. The molecule has 1 amide bonds. The number of esters is 1. The molecule has 0 fully saturated rings. The molecule has 0 unspecified atom stereocenters. The average Bonchev–Trinajstić information content (AvgIpc) is 2.80. The first-order valence-electron chi connectivity index (χ1n) is 10.2. The zero-order valence-corrected chi connectivity index (χ0v) is 17.9. The summed E-state index contributed by atoms with van der Waals surface area (Å²) in [6.07, 6.45) is 1.23. The fourth-order valence-corrected chi connectivity index (χ4v) is 3.43. The van der Waals surface area contributed by atoms with E-state index in [1.54, 1.807) is 43.3 Å². The van der Waals surface area contributed by atoms with Gasteiger partial charge in [-0.25, -0.2) is 0 Å². The summed E-state index contributed by atoms with van der Waals surface area (Å²) in [7, 11) is 0. The van der Waals surface area contributed by atoms with Crippen LogP contribution in [0.1, 0.15) is 34.0 Å². The van der Waals surface area contributed by atoms with Crippen molar-refractivity contribution in [2.75, 3.05) is 17.7 Å². The molecule has 7 nitrogen and oxygen atoms in total. The largest absolute Gasteiger partial charge is 0.466 e. The maximum absolute atomic E-state index is 13.1. The number of anilines is 2. The molecule has 0 saturated heterocycles. The summed E-state index contributed by atoms with van der Waals surface area (Å²) in [6.45, 7) is 2.41. The van der Waals surface area contributed by atoms with Gasteiger partial charge < -0.3 is 26.9 Å². The van der Waals surface area contributed by atoms with E-state index in [1.165, 1.54) is 6.21 Å². The lowest BCUT2D eigenvalue weighted by atomic mass is 9.94. The van der Waals surface area contributed by atoms with E-state index in [4.69, 9.17) is 21.6 Å². The number of rotatable bonds is 8. The van der Waals surface area contributed by atoms with Gasteiger partial charge in [0.25, 0.3) is 5.91 Å². The molecule has 0 aliphatic carbocycles. The first-order valence-corrected chi connectivity index (χ1v) is 10.2. The number of carbonyl (C=O) groups excluding carboxylic acids is 2. The average molecular weight is 431 g/mol.